The number of halogens is 1. The maximum absolute atomic E-state index is 13.0. The van der Waals surface area contributed by atoms with Gasteiger partial charge in [0.15, 0.2) is 0 Å². The molecule has 1 aliphatic rings. The second kappa shape index (κ2) is 8.31. The van der Waals surface area contributed by atoms with Crippen molar-refractivity contribution in [2.24, 2.45) is 0 Å². The molecule has 3 amide bonds. The van der Waals surface area contributed by atoms with Crippen LogP contribution in [0.25, 0.3) is 0 Å². The molecule has 3 rings (SSSR count). The quantitative estimate of drug-likeness (QED) is 0.732. The summed E-state index contributed by atoms with van der Waals surface area (Å²) in [5.41, 5.74) is 2.38. The predicted molar refractivity (Wildman–Crippen MR) is 111 cm³/mol. The molecule has 0 aliphatic carbocycles. The third-order valence-electron chi connectivity index (χ3n) is 4.34. The molecule has 8 heteroatoms. The number of para-hydroxylation sites is 2. The smallest absolute Gasteiger partial charge is 0.246 e. The van der Waals surface area contributed by atoms with Crippen LogP contribution >= 0.6 is 11.6 Å². The van der Waals surface area contributed by atoms with Crippen LogP contribution < -0.4 is 20.9 Å². The fourth-order valence-corrected chi connectivity index (χ4v) is 3.35. The predicted octanol–water partition coefficient (Wildman–Crippen LogP) is 3.47. The first-order valence-electron chi connectivity index (χ1n) is 8.87. The van der Waals surface area contributed by atoms with Crippen molar-refractivity contribution in [3.05, 3.63) is 47.5 Å². The van der Waals surface area contributed by atoms with E-state index in [1.54, 1.807) is 35.2 Å². The van der Waals surface area contributed by atoms with E-state index < -0.39 is 0 Å². The maximum atomic E-state index is 13.0. The normalized spacial score (nSPS) is 15.9. The van der Waals surface area contributed by atoms with Crippen LogP contribution in [-0.4, -0.2) is 30.3 Å². The Morgan fingerprint density at radius 3 is 2.75 bits per heavy atom. The zero-order valence-corrected chi connectivity index (χ0v) is 16.3. The van der Waals surface area contributed by atoms with E-state index in [2.05, 4.69) is 16.0 Å². The summed E-state index contributed by atoms with van der Waals surface area (Å²) in [4.78, 5) is 37.9. The molecule has 0 bridgehead atoms. The van der Waals surface area contributed by atoms with Gasteiger partial charge in [0, 0.05) is 25.1 Å². The largest absolute Gasteiger partial charge is 0.375 e. The first-order chi connectivity index (χ1) is 13.3. The Bertz CT molecular complexity index is 931. The van der Waals surface area contributed by atoms with Gasteiger partial charge in [0.1, 0.15) is 0 Å². The first kappa shape index (κ1) is 19.7. The van der Waals surface area contributed by atoms with Crippen LogP contribution in [0.15, 0.2) is 42.5 Å². The Balaban J connectivity index is 1.79. The summed E-state index contributed by atoms with van der Waals surface area (Å²) in [5.74, 6) is -0.525. The zero-order chi connectivity index (χ0) is 20.3. The number of carbonyl (C=O) groups is 3. The van der Waals surface area contributed by atoms with Crippen LogP contribution in [0.5, 0.6) is 0 Å². The maximum Gasteiger partial charge on any atom is 0.246 e. The topological polar surface area (TPSA) is 90.5 Å². The molecule has 7 nitrogen and oxygen atoms in total. The van der Waals surface area contributed by atoms with Crippen molar-refractivity contribution in [1.82, 2.24) is 0 Å². The number of carbonyl (C=O) groups excluding carboxylic acids is 3. The minimum absolute atomic E-state index is 0.0177. The molecule has 3 N–H and O–H groups in total. The molecule has 0 fully saturated rings. The third-order valence-corrected chi connectivity index (χ3v) is 4.67. The SMILES string of the molecule is CC(=O)Nc1ccc(Cl)c(NCC(=O)N2c3ccccc3NC(=O)CC2C)c1. The highest BCUT2D eigenvalue weighted by Gasteiger charge is 2.29. The Morgan fingerprint density at radius 1 is 1.25 bits per heavy atom. The van der Waals surface area contributed by atoms with E-state index in [-0.39, 0.29) is 36.7 Å². The van der Waals surface area contributed by atoms with E-state index in [0.29, 0.717) is 27.8 Å². The van der Waals surface area contributed by atoms with E-state index in [0.717, 1.165) is 0 Å². The molecule has 146 valence electrons. The second-order valence-corrected chi connectivity index (χ2v) is 7.02. The van der Waals surface area contributed by atoms with Gasteiger partial charge >= 0.3 is 0 Å². The van der Waals surface area contributed by atoms with Crippen molar-refractivity contribution in [3.63, 3.8) is 0 Å². The highest BCUT2D eigenvalue weighted by atomic mass is 35.5. The van der Waals surface area contributed by atoms with E-state index in [1.165, 1.54) is 6.92 Å². The Kier molecular flexibility index (Phi) is 5.84. The van der Waals surface area contributed by atoms with Gasteiger partial charge in [-0.2, -0.15) is 0 Å². The minimum Gasteiger partial charge on any atom is -0.375 e. The number of benzene rings is 2. The molecular weight excluding hydrogens is 380 g/mol. The lowest BCUT2D eigenvalue weighted by Crippen LogP contribution is -2.42. The van der Waals surface area contributed by atoms with Crippen LogP contribution in [0, 0.1) is 0 Å². The fourth-order valence-electron chi connectivity index (χ4n) is 3.17. The molecule has 0 aromatic heterocycles. The first-order valence-corrected chi connectivity index (χ1v) is 9.25. The van der Waals surface area contributed by atoms with Gasteiger partial charge in [-0.3, -0.25) is 14.4 Å². The van der Waals surface area contributed by atoms with Gasteiger partial charge < -0.3 is 20.9 Å². The number of nitrogens with zero attached hydrogens (tertiary/aromatic N) is 1. The number of hydrogen-bond donors (Lipinski definition) is 3. The van der Waals surface area contributed by atoms with Crippen LogP contribution in [0.3, 0.4) is 0 Å². The molecule has 2 aromatic carbocycles. The van der Waals surface area contributed by atoms with Gasteiger partial charge in [-0.25, -0.2) is 0 Å². The molecule has 0 saturated heterocycles. The molecular formula is C20H21ClN4O3. The summed E-state index contributed by atoms with van der Waals surface area (Å²) in [6.07, 6.45) is 0.208. The highest BCUT2D eigenvalue weighted by Crippen LogP contribution is 2.31. The van der Waals surface area contributed by atoms with Gasteiger partial charge in [-0.05, 0) is 37.3 Å². The number of fused-ring (bicyclic) bond motifs is 1. The summed E-state index contributed by atoms with van der Waals surface area (Å²) >= 11 is 6.20. The van der Waals surface area contributed by atoms with E-state index in [1.807, 2.05) is 19.1 Å². The summed E-state index contributed by atoms with van der Waals surface area (Å²) < 4.78 is 0. The van der Waals surface area contributed by atoms with Crippen molar-refractivity contribution in [1.29, 1.82) is 0 Å². The second-order valence-electron chi connectivity index (χ2n) is 6.61. The van der Waals surface area contributed by atoms with Crippen LogP contribution in [0.2, 0.25) is 5.02 Å². The van der Waals surface area contributed by atoms with Gasteiger partial charge in [-0.1, -0.05) is 23.7 Å². The van der Waals surface area contributed by atoms with E-state index >= 15 is 0 Å². The van der Waals surface area contributed by atoms with Crippen molar-refractivity contribution in [2.45, 2.75) is 26.3 Å². The average Bonchev–Trinajstić information content (AvgIpc) is 2.75. The number of nitrogens with one attached hydrogen (secondary N) is 3. The summed E-state index contributed by atoms with van der Waals surface area (Å²) in [7, 11) is 0. The minimum atomic E-state index is -0.292. The van der Waals surface area contributed by atoms with E-state index in [4.69, 9.17) is 11.6 Å². The van der Waals surface area contributed by atoms with Crippen molar-refractivity contribution < 1.29 is 14.4 Å². The average molecular weight is 401 g/mol. The van der Waals surface area contributed by atoms with Crippen LogP contribution in [-0.2, 0) is 14.4 Å². The highest BCUT2D eigenvalue weighted by molar-refractivity contribution is 6.33. The number of amides is 3. The van der Waals surface area contributed by atoms with Gasteiger partial charge in [0.05, 0.1) is 28.6 Å². The third kappa shape index (κ3) is 4.43. The summed E-state index contributed by atoms with van der Waals surface area (Å²) in [5, 5.41) is 8.97. The molecule has 1 aliphatic heterocycles. The van der Waals surface area contributed by atoms with Crippen molar-refractivity contribution in [3.8, 4) is 0 Å². The monoisotopic (exact) mass is 400 g/mol. The fraction of sp³-hybridized carbons (Fsp3) is 0.250. The Hall–Kier alpha value is -3.06. The zero-order valence-electron chi connectivity index (χ0n) is 15.6. The van der Waals surface area contributed by atoms with Crippen LogP contribution in [0.4, 0.5) is 22.7 Å². The van der Waals surface area contributed by atoms with Gasteiger partial charge in [0.2, 0.25) is 17.7 Å². The lowest BCUT2D eigenvalue weighted by Gasteiger charge is -2.28. The standard InChI is InChI=1S/C20H21ClN4O3/c1-12-9-19(27)24-16-5-3-4-6-18(16)25(12)20(28)11-22-17-10-14(23-13(2)26)7-8-15(17)21/h3-8,10,12,22H,9,11H2,1-2H3,(H,23,26)(H,24,27). The van der Waals surface area contributed by atoms with Gasteiger partial charge in [-0.15, -0.1) is 0 Å². The van der Waals surface area contributed by atoms with Gasteiger partial charge in [0.25, 0.3) is 0 Å². The number of rotatable bonds is 4. The van der Waals surface area contributed by atoms with Crippen molar-refractivity contribution in [2.75, 3.05) is 27.4 Å². The van der Waals surface area contributed by atoms with Crippen LogP contribution in [0.1, 0.15) is 20.3 Å². The molecule has 0 radical (unpaired) electrons. The summed E-state index contributed by atoms with van der Waals surface area (Å²) in [6.45, 7) is 3.23. The lowest BCUT2D eigenvalue weighted by molar-refractivity contribution is -0.118. The molecule has 1 heterocycles. The molecule has 0 saturated carbocycles. The summed E-state index contributed by atoms with van der Waals surface area (Å²) in [6, 6.07) is 11.9. The Morgan fingerprint density at radius 2 is 2.00 bits per heavy atom. The lowest BCUT2D eigenvalue weighted by atomic mass is 10.1. The molecule has 0 spiro atoms. The molecule has 2 aromatic rings. The Labute approximate surface area is 168 Å². The molecule has 1 atom stereocenters. The van der Waals surface area contributed by atoms with Crippen molar-refractivity contribution >= 4 is 52.1 Å². The van der Waals surface area contributed by atoms with E-state index in [9.17, 15) is 14.4 Å². The molecule has 28 heavy (non-hydrogen) atoms. The number of hydrogen-bond acceptors (Lipinski definition) is 4. The number of anilines is 4. The molecule has 1 unspecified atom stereocenters.